The molecule has 0 heterocycles. The van der Waals surface area contributed by atoms with Crippen LogP contribution in [0.15, 0.2) is 48.5 Å². The average Bonchev–Trinajstić information content (AvgIpc) is 2.60. The maximum absolute atomic E-state index is 11.3. The summed E-state index contributed by atoms with van der Waals surface area (Å²) in [5.74, 6) is 1.09. The Labute approximate surface area is 155 Å². The fourth-order valence-electron chi connectivity index (χ4n) is 2.26. The van der Waals surface area contributed by atoms with Gasteiger partial charge in [0.05, 0.1) is 13.2 Å². The van der Waals surface area contributed by atoms with Crippen LogP contribution in [0.5, 0.6) is 11.5 Å². The van der Waals surface area contributed by atoms with Gasteiger partial charge in [0.25, 0.3) is 0 Å². The highest BCUT2D eigenvalue weighted by Crippen LogP contribution is 2.25. The Morgan fingerprint density at radius 1 is 0.923 bits per heavy atom. The van der Waals surface area contributed by atoms with Crippen LogP contribution in [0.2, 0.25) is 0 Å². The third-order valence-corrected chi connectivity index (χ3v) is 3.72. The van der Waals surface area contributed by atoms with Crippen molar-refractivity contribution in [2.75, 3.05) is 19.8 Å². The van der Waals surface area contributed by atoms with Crippen LogP contribution in [-0.2, 0) is 9.53 Å². The summed E-state index contributed by atoms with van der Waals surface area (Å²) in [6.45, 7) is 6.60. The van der Waals surface area contributed by atoms with Gasteiger partial charge in [-0.1, -0.05) is 24.3 Å². The molecular formula is C21H27NO4. The molecule has 0 spiro atoms. The van der Waals surface area contributed by atoms with E-state index in [-0.39, 0.29) is 18.1 Å². The minimum absolute atomic E-state index is 0.0845. The molecule has 2 aromatic carbocycles. The Morgan fingerprint density at radius 3 is 1.88 bits per heavy atom. The van der Waals surface area contributed by atoms with Gasteiger partial charge in [0.2, 0.25) is 0 Å². The summed E-state index contributed by atoms with van der Waals surface area (Å²) < 4.78 is 16.0. The van der Waals surface area contributed by atoms with E-state index in [4.69, 9.17) is 19.9 Å². The third kappa shape index (κ3) is 6.76. The summed E-state index contributed by atoms with van der Waals surface area (Å²) in [5.41, 5.74) is 7.86. The van der Waals surface area contributed by atoms with Crippen LogP contribution in [0.3, 0.4) is 0 Å². The van der Waals surface area contributed by atoms with Crippen molar-refractivity contribution in [2.24, 2.45) is 5.73 Å². The zero-order valence-corrected chi connectivity index (χ0v) is 15.7. The fraction of sp³-hybridized carbons (Fsp3) is 0.381. The second-order valence-electron chi connectivity index (χ2n) is 6.73. The summed E-state index contributed by atoms with van der Waals surface area (Å²) in [7, 11) is 0. The quantitative estimate of drug-likeness (QED) is 0.691. The zero-order chi connectivity index (χ0) is 19.0. The van der Waals surface area contributed by atoms with E-state index < -0.39 is 0 Å². The van der Waals surface area contributed by atoms with E-state index in [1.165, 1.54) is 0 Å². The molecule has 0 amide bonds. The van der Waals surface area contributed by atoms with Gasteiger partial charge in [0.15, 0.2) is 6.61 Å². The van der Waals surface area contributed by atoms with E-state index in [9.17, 15) is 4.79 Å². The van der Waals surface area contributed by atoms with Gasteiger partial charge in [-0.3, -0.25) is 0 Å². The molecule has 0 fully saturated rings. The van der Waals surface area contributed by atoms with E-state index in [2.05, 4.69) is 0 Å². The standard InChI is InChI=1S/C21H27NO4/c1-4-24-20(23)15-26-19-11-7-17(8-12-19)16-5-9-18(10-6-16)25-14-13-21(2,3)22/h5-12H,4,13-15,22H2,1-3H3. The summed E-state index contributed by atoms with van der Waals surface area (Å²) in [6.07, 6.45) is 0.794. The molecule has 2 rings (SSSR count). The highest BCUT2D eigenvalue weighted by molar-refractivity contribution is 5.71. The smallest absolute Gasteiger partial charge is 0.344 e. The van der Waals surface area contributed by atoms with Crippen LogP contribution in [0, 0.1) is 0 Å². The van der Waals surface area contributed by atoms with Crippen molar-refractivity contribution in [1.82, 2.24) is 0 Å². The van der Waals surface area contributed by atoms with Crippen molar-refractivity contribution >= 4 is 5.97 Å². The first kappa shape index (κ1) is 19.8. The molecule has 0 saturated carbocycles. The van der Waals surface area contributed by atoms with E-state index in [0.717, 1.165) is 23.3 Å². The minimum atomic E-state index is -0.370. The van der Waals surface area contributed by atoms with Crippen LogP contribution in [0.25, 0.3) is 11.1 Å². The second kappa shape index (κ2) is 9.25. The molecule has 0 saturated heterocycles. The lowest BCUT2D eigenvalue weighted by Gasteiger charge is -2.18. The number of hydrogen-bond acceptors (Lipinski definition) is 5. The van der Waals surface area contributed by atoms with E-state index >= 15 is 0 Å². The lowest BCUT2D eigenvalue weighted by atomic mass is 10.0. The molecule has 0 aliphatic carbocycles. The third-order valence-electron chi connectivity index (χ3n) is 3.72. The first-order valence-electron chi connectivity index (χ1n) is 8.78. The summed E-state index contributed by atoms with van der Waals surface area (Å²) in [4.78, 5) is 11.3. The minimum Gasteiger partial charge on any atom is -0.494 e. The number of ether oxygens (including phenoxy) is 3. The van der Waals surface area contributed by atoms with Crippen LogP contribution in [0.4, 0.5) is 0 Å². The Balaban J connectivity index is 1.89. The van der Waals surface area contributed by atoms with E-state index in [0.29, 0.717) is 19.0 Å². The van der Waals surface area contributed by atoms with Gasteiger partial charge < -0.3 is 19.9 Å². The van der Waals surface area contributed by atoms with Gasteiger partial charge in [-0.2, -0.15) is 0 Å². The van der Waals surface area contributed by atoms with Crippen LogP contribution >= 0.6 is 0 Å². The highest BCUT2D eigenvalue weighted by Gasteiger charge is 2.10. The summed E-state index contributed by atoms with van der Waals surface area (Å²) in [5, 5.41) is 0. The predicted octanol–water partition coefficient (Wildman–Crippen LogP) is 3.80. The number of hydrogen-bond donors (Lipinski definition) is 1. The number of benzene rings is 2. The maximum Gasteiger partial charge on any atom is 0.344 e. The molecule has 0 bridgehead atoms. The fourth-order valence-corrected chi connectivity index (χ4v) is 2.26. The van der Waals surface area contributed by atoms with Crippen molar-refractivity contribution in [1.29, 1.82) is 0 Å². The first-order valence-corrected chi connectivity index (χ1v) is 8.78. The molecule has 2 N–H and O–H groups in total. The average molecular weight is 357 g/mol. The van der Waals surface area contributed by atoms with Gasteiger partial charge >= 0.3 is 5.97 Å². The van der Waals surface area contributed by atoms with Crippen molar-refractivity contribution in [3.63, 3.8) is 0 Å². The lowest BCUT2D eigenvalue weighted by Crippen LogP contribution is -2.33. The molecule has 5 heteroatoms. The number of nitrogens with two attached hydrogens (primary N) is 1. The van der Waals surface area contributed by atoms with Crippen molar-refractivity contribution in [3.05, 3.63) is 48.5 Å². The Kier molecular flexibility index (Phi) is 7.04. The molecule has 0 atom stereocenters. The van der Waals surface area contributed by atoms with Crippen molar-refractivity contribution in [3.8, 4) is 22.6 Å². The highest BCUT2D eigenvalue weighted by atomic mass is 16.6. The number of esters is 1. The molecule has 0 radical (unpaired) electrons. The van der Waals surface area contributed by atoms with Crippen molar-refractivity contribution in [2.45, 2.75) is 32.7 Å². The monoisotopic (exact) mass is 357 g/mol. The van der Waals surface area contributed by atoms with Gasteiger partial charge in [0, 0.05) is 5.54 Å². The SMILES string of the molecule is CCOC(=O)COc1ccc(-c2ccc(OCCC(C)(C)N)cc2)cc1. The predicted molar refractivity (Wildman–Crippen MR) is 102 cm³/mol. The first-order chi connectivity index (χ1) is 12.4. The topological polar surface area (TPSA) is 70.8 Å². The summed E-state index contributed by atoms with van der Waals surface area (Å²) in [6, 6.07) is 15.5. The van der Waals surface area contributed by atoms with Gasteiger partial charge in [-0.25, -0.2) is 4.79 Å². The lowest BCUT2D eigenvalue weighted by molar-refractivity contribution is -0.145. The Bertz CT molecular complexity index is 687. The largest absolute Gasteiger partial charge is 0.494 e. The van der Waals surface area contributed by atoms with Crippen LogP contribution in [0.1, 0.15) is 27.2 Å². The molecule has 0 aliphatic rings. The van der Waals surface area contributed by atoms with Gasteiger partial charge in [0.1, 0.15) is 11.5 Å². The van der Waals surface area contributed by atoms with Crippen LogP contribution < -0.4 is 15.2 Å². The molecule has 5 nitrogen and oxygen atoms in total. The molecule has 140 valence electrons. The van der Waals surface area contributed by atoms with E-state index in [1.54, 1.807) is 6.92 Å². The van der Waals surface area contributed by atoms with E-state index in [1.807, 2.05) is 62.4 Å². The molecule has 0 aliphatic heterocycles. The molecule has 0 aromatic heterocycles. The summed E-state index contributed by atoms with van der Waals surface area (Å²) >= 11 is 0. The number of rotatable bonds is 9. The molecule has 0 unspecified atom stereocenters. The zero-order valence-electron chi connectivity index (χ0n) is 15.7. The number of carbonyl (C=O) groups is 1. The second-order valence-corrected chi connectivity index (χ2v) is 6.73. The molecular weight excluding hydrogens is 330 g/mol. The van der Waals surface area contributed by atoms with Crippen LogP contribution in [-0.4, -0.2) is 31.3 Å². The van der Waals surface area contributed by atoms with Gasteiger partial charge in [-0.05, 0) is 62.6 Å². The Morgan fingerprint density at radius 2 is 1.42 bits per heavy atom. The number of carbonyl (C=O) groups excluding carboxylic acids is 1. The Hall–Kier alpha value is -2.53. The molecule has 26 heavy (non-hydrogen) atoms. The van der Waals surface area contributed by atoms with Crippen molar-refractivity contribution < 1.29 is 19.0 Å². The molecule has 2 aromatic rings. The normalized spacial score (nSPS) is 11.1. The van der Waals surface area contributed by atoms with Gasteiger partial charge in [-0.15, -0.1) is 0 Å². The maximum atomic E-state index is 11.3.